The third-order valence-electron chi connectivity index (χ3n) is 4.51. The maximum atomic E-state index is 12.8. The lowest BCUT2D eigenvalue weighted by Crippen LogP contribution is -2.29. The Morgan fingerprint density at radius 3 is 2.75 bits per heavy atom. The van der Waals surface area contributed by atoms with Crippen LogP contribution in [0.25, 0.3) is 10.9 Å². The van der Waals surface area contributed by atoms with Gasteiger partial charge in [-0.3, -0.25) is 9.89 Å². The topological polar surface area (TPSA) is 74.8 Å². The first-order valence-corrected chi connectivity index (χ1v) is 8.16. The molecule has 122 valence electrons. The maximum absolute atomic E-state index is 12.8. The first-order chi connectivity index (χ1) is 11.6. The van der Waals surface area contributed by atoms with Crippen molar-refractivity contribution >= 4 is 16.8 Å². The van der Waals surface area contributed by atoms with E-state index in [4.69, 9.17) is 0 Å². The van der Waals surface area contributed by atoms with Gasteiger partial charge in [0.2, 0.25) is 0 Å². The molecule has 6 heteroatoms. The molecule has 4 rings (SSSR count). The summed E-state index contributed by atoms with van der Waals surface area (Å²) < 4.78 is 0. The SMILES string of the molecule is Cc1cc(C)nc(C2CCN(C(=O)c3n[nH]c4ccccc34)C2)n1. The molecule has 1 unspecified atom stereocenters. The highest BCUT2D eigenvalue weighted by atomic mass is 16.2. The second kappa shape index (κ2) is 5.70. The average molecular weight is 321 g/mol. The van der Waals surface area contributed by atoms with Gasteiger partial charge in [0.25, 0.3) is 5.91 Å². The van der Waals surface area contributed by atoms with Gasteiger partial charge in [-0.1, -0.05) is 18.2 Å². The van der Waals surface area contributed by atoms with Crippen molar-refractivity contribution < 1.29 is 4.79 Å². The molecule has 2 aromatic heterocycles. The van der Waals surface area contributed by atoms with Gasteiger partial charge in [-0.2, -0.15) is 5.10 Å². The van der Waals surface area contributed by atoms with Crippen molar-refractivity contribution in [2.75, 3.05) is 13.1 Å². The molecule has 0 spiro atoms. The van der Waals surface area contributed by atoms with E-state index in [0.717, 1.165) is 34.5 Å². The summed E-state index contributed by atoms with van der Waals surface area (Å²) in [5, 5.41) is 8.02. The number of H-pyrrole nitrogens is 1. The monoisotopic (exact) mass is 321 g/mol. The molecule has 3 aromatic rings. The van der Waals surface area contributed by atoms with Crippen LogP contribution in [0.4, 0.5) is 0 Å². The molecule has 3 heterocycles. The zero-order valence-corrected chi connectivity index (χ0v) is 13.8. The molecule has 1 aliphatic rings. The lowest BCUT2D eigenvalue weighted by molar-refractivity contribution is 0.0786. The smallest absolute Gasteiger partial charge is 0.275 e. The fourth-order valence-electron chi connectivity index (χ4n) is 3.37. The number of nitrogens with zero attached hydrogens (tertiary/aromatic N) is 4. The quantitative estimate of drug-likeness (QED) is 0.787. The minimum atomic E-state index is -0.0284. The average Bonchev–Trinajstić information content (AvgIpc) is 3.21. The van der Waals surface area contributed by atoms with E-state index in [0.29, 0.717) is 18.8 Å². The molecule has 6 nitrogen and oxygen atoms in total. The third-order valence-corrected chi connectivity index (χ3v) is 4.51. The van der Waals surface area contributed by atoms with Crippen LogP contribution in [-0.4, -0.2) is 44.1 Å². The number of hydrogen-bond acceptors (Lipinski definition) is 4. The van der Waals surface area contributed by atoms with Gasteiger partial charge >= 0.3 is 0 Å². The summed E-state index contributed by atoms with van der Waals surface area (Å²) in [6, 6.07) is 9.67. The highest BCUT2D eigenvalue weighted by Crippen LogP contribution is 2.27. The van der Waals surface area contributed by atoms with Crippen molar-refractivity contribution in [3.63, 3.8) is 0 Å². The first kappa shape index (κ1) is 14.8. The summed E-state index contributed by atoms with van der Waals surface area (Å²) in [6.07, 6.45) is 0.886. The van der Waals surface area contributed by atoms with E-state index in [2.05, 4.69) is 20.2 Å². The molecule has 0 bridgehead atoms. The van der Waals surface area contributed by atoms with Crippen molar-refractivity contribution in [3.05, 3.63) is 53.2 Å². The van der Waals surface area contributed by atoms with Crippen LogP contribution in [0.5, 0.6) is 0 Å². The first-order valence-electron chi connectivity index (χ1n) is 8.16. The Kier molecular flexibility index (Phi) is 3.52. The van der Waals surface area contributed by atoms with E-state index in [1.54, 1.807) is 0 Å². The standard InChI is InChI=1S/C18H19N5O/c1-11-9-12(2)20-17(19-11)13-7-8-23(10-13)18(24)16-14-5-3-4-6-15(14)21-22-16/h3-6,9,13H,7-8,10H2,1-2H3,(H,21,22). The second-order valence-corrected chi connectivity index (χ2v) is 6.36. The molecular weight excluding hydrogens is 302 g/mol. The van der Waals surface area contributed by atoms with Crippen LogP contribution in [0.2, 0.25) is 0 Å². The molecule has 1 N–H and O–H groups in total. The van der Waals surface area contributed by atoms with Gasteiger partial charge < -0.3 is 4.90 Å². The van der Waals surface area contributed by atoms with Gasteiger partial charge in [-0.05, 0) is 32.4 Å². The van der Waals surface area contributed by atoms with Crippen molar-refractivity contribution in [2.24, 2.45) is 0 Å². The lowest BCUT2D eigenvalue weighted by atomic mass is 10.1. The van der Waals surface area contributed by atoms with Gasteiger partial charge in [0, 0.05) is 35.8 Å². The van der Waals surface area contributed by atoms with Gasteiger partial charge in [0.15, 0.2) is 5.69 Å². The van der Waals surface area contributed by atoms with Crippen LogP contribution in [-0.2, 0) is 0 Å². The lowest BCUT2D eigenvalue weighted by Gasteiger charge is -2.15. The van der Waals surface area contributed by atoms with E-state index in [-0.39, 0.29) is 11.8 Å². The molecule has 24 heavy (non-hydrogen) atoms. The Morgan fingerprint density at radius 1 is 1.21 bits per heavy atom. The molecule has 1 amide bonds. The van der Waals surface area contributed by atoms with E-state index in [1.807, 2.05) is 49.1 Å². The summed E-state index contributed by atoms with van der Waals surface area (Å²) in [5.74, 6) is 1.01. The molecular formula is C18H19N5O. The van der Waals surface area contributed by atoms with E-state index in [9.17, 15) is 4.79 Å². The number of nitrogens with one attached hydrogen (secondary N) is 1. The van der Waals surface area contributed by atoms with Crippen LogP contribution < -0.4 is 0 Å². The number of amides is 1. The third kappa shape index (κ3) is 2.54. The Bertz CT molecular complexity index is 896. The van der Waals surface area contributed by atoms with Crippen molar-refractivity contribution in [2.45, 2.75) is 26.2 Å². The van der Waals surface area contributed by atoms with Gasteiger partial charge in [0.1, 0.15) is 5.82 Å². The molecule has 1 fully saturated rings. The fourth-order valence-corrected chi connectivity index (χ4v) is 3.37. The van der Waals surface area contributed by atoms with E-state index >= 15 is 0 Å². The summed E-state index contributed by atoms with van der Waals surface area (Å²) >= 11 is 0. The molecule has 1 aromatic carbocycles. The number of para-hydroxylation sites is 1. The van der Waals surface area contributed by atoms with E-state index in [1.165, 1.54) is 0 Å². The number of aromatic amines is 1. The Morgan fingerprint density at radius 2 is 1.96 bits per heavy atom. The van der Waals surface area contributed by atoms with Crippen molar-refractivity contribution in [1.82, 2.24) is 25.1 Å². The Hall–Kier alpha value is -2.76. The van der Waals surface area contributed by atoms with Crippen LogP contribution in [0.15, 0.2) is 30.3 Å². The van der Waals surface area contributed by atoms with Crippen LogP contribution >= 0.6 is 0 Å². The number of carbonyl (C=O) groups is 1. The minimum Gasteiger partial charge on any atom is -0.336 e. The normalized spacial score (nSPS) is 17.6. The van der Waals surface area contributed by atoms with Crippen molar-refractivity contribution in [1.29, 1.82) is 0 Å². The largest absolute Gasteiger partial charge is 0.336 e. The zero-order valence-electron chi connectivity index (χ0n) is 13.8. The van der Waals surface area contributed by atoms with Crippen LogP contribution in [0.1, 0.15) is 40.0 Å². The highest BCUT2D eigenvalue weighted by Gasteiger charge is 2.31. The number of benzene rings is 1. The number of carbonyl (C=O) groups excluding carboxylic acids is 1. The van der Waals surface area contributed by atoms with Gasteiger partial charge in [-0.15, -0.1) is 0 Å². The number of hydrogen-bond donors (Lipinski definition) is 1. The van der Waals surface area contributed by atoms with Crippen LogP contribution in [0, 0.1) is 13.8 Å². The highest BCUT2D eigenvalue weighted by molar-refractivity contribution is 6.04. The number of aromatic nitrogens is 4. The van der Waals surface area contributed by atoms with Crippen LogP contribution in [0.3, 0.4) is 0 Å². The van der Waals surface area contributed by atoms with Gasteiger partial charge in [-0.25, -0.2) is 9.97 Å². The summed E-state index contributed by atoms with van der Waals surface area (Å²) in [4.78, 5) is 23.8. The molecule has 0 aliphatic carbocycles. The predicted octanol–water partition coefficient (Wildman–Crippen LogP) is 2.60. The molecule has 1 atom stereocenters. The van der Waals surface area contributed by atoms with Crippen molar-refractivity contribution in [3.8, 4) is 0 Å². The van der Waals surface area contributed by atoms with E-state index < -0.39 is 0 Å². The summed E-state index contributed by atoms with van der Waals surface area (Å²) in [6.45, 7) is 5.31. The number of aryl methyl sites for hydroxylation is 2. The number of fused-ring (bicyclic) bond motifs is 1. The zero-order chi connectivity index (χ0) is 16.7. The fraction of sp³-hybridized carbons (Fsp3) is 0.333. The maximum Gasteiger partial charge on any atom is 0.275 e. The number of likely N-dealkylation sites (tertiary alicyclic amines) is 1. The molecule has 0 radical (unpaired) electrons. The van der Waals surface area contributed by atoms with Gasteiger partial charge in [0.05, 0.1) is 5.52 Å². The summed E-state index contributed by atoms with van der Waals surface area (Å²) in [5.41, 5.74) is 3.32. The Balaban J connectivity index is 1.57. The molecule has 1 saturated heterocycles. The number of rotatable bonds is 2. The minimum absolute atomic E-state index is 0.0284. The summed E-state index contributed by atoms with van der Waals surface area (Å²) in [7, 11) is 0. The Labute approximate surface area is 139 Å². The molecule has 1 aliphatic heterocycles. The molecule has 0 saturated carbocycles. The second-order valence-electron chi connectivity index (χ2n) is 6.36. The predicted molar refractivity (Wildman–Crippen MR) is 90.9 cm³/mol.